The third-order valence-corrected chi connectivity index (χ3v) is 7.93. The smallest absolute Gasteiger partial charge is 0.264 e. The van der Waals surface area contributed by atoms with Crippen molar-refractivity contribution in [3.05, 3.63) is 88.4 Å². The van der Waals surface area contributed by atoms with Crippen molar-refractivity contribution >= 4 is 55.0 Å². The zero-order chi connectivity index (χ0) is 24.0. The van der Waals surface area contributed by atoms with Crippen LogP contribution in [0.1, 0.15) is 18.1 Å². The Labute approximate surface area is 207 Å². The molecule has 6 nitrogen and oxygen atoms in total. The number of hydrazone groups is 1. The maximum Gasteiger partial charge on any atom is 0.264 e. The van der Waals surface area contributed by atoms with Crippen molar-refractivity contribution in [3.8, 4) is 0 Å². The van der Waals surface area contributed by atoms with Crippen molar-refractivity contribution in [2.75, 3.05) is 17.1 Å². The number of aryl methyl sites for hydroxylation is 1. The van der Waals surface area contributed by atoms with Crippen LogP contribution in [0.15, 0.2) is 92.2 Å². The Morgan fingerprint density at radius 3 is 2.18 bits per heavy atom. The summed E-state index contributed by atoms with van der Waals surface area (Å²) >= 11 is 4.91. The minimum Gasteiger partial charge on any atom is -0.271 e. The van der Waals surface area contributed by atoms with E-state index in [-0.39, 0.29) is 4.90 Å². The lowest BCUT2D eigenvalue weighted by atomic mass is 10.1. The molecule has 0 aromatic heterocycles. The molecule has 0 radical (unpaired) electrons. The maximum atomic E-state index is 13.4. The van der Waals surface area contributed by atoms with Gasteiger partial charge in [-0.1, -0.05) is 45.8 Å². The van der Waals surface area contributed by atoms with Gasteiger partial charge in [-0.2, -0.15) is 5.10 Å². The number of amides is 1. The lowest BCUT2D eigenvalue weighted by molar-refractivity contribution is -0.119. The minimum absolute atomic E-state index is 0.114. The highest BCUT2D eigenvalue weighted by molar-refractivity contribution is 9.10. The molecular formula is C24H24BrN3O3S2. The average molecular weight is 547 g/mol. The van der Waals surface area contributed by atoms with Crippen LogP contribution in [0.4, 0.5) is 5.69 Å². The first kappa shape index (κ1) is 25.0. The van der Waals surface area contributed by atoms with Crippen LogP contribution in [0.5, 0.6) is 0 Å². The Morgan fingerprint density at radius 2 is 1.61 bits per heavy atom. The third kappa shape index (κ3) is 6.46. The van der Waals surface area contributed by atoms with E-state index in [1.54, 1.807) is 43.3 Å². The second-order valence-corrected chi connectivity index (χ2v) is 10.9. The number of hydrogen-bond acceptors (Lipinski definition) is 5. The van der Waals surface area contributed by atoms with E-state index in [0.29, 0.717) is 11.4 Å². The molecule has 0 saturated heterocycles. The Kier molecular flexibility index (Phi) is 8.34. The molecule has 0 heterocycles. The van der Waals surface area contributed by atoms with Crippen LogP contribution in [-0.2, 0) is 14.8 Å². The predicted molar refractivity (Wildman–Crippen MR) is 138 cm³/mol. The molecule has 0 bridgehead atoms. The summed E-state index contributed by atoms with van der Waals surface area (Å²) in [6, 6.07) is 21.1. The van der Waals surface area contributed by atoms with Crippen LogP contribution >= 0.6 is 27.7 Å². The van der Waals surface area contributed by atoms with E-state index in [9.17, 15) is 13.2 Å². The van der Waals surface area contributed by atoms with Crippen molar-refractivity contribution in [1.29, 1.82) is 0 Å². The zero-order valence-corrected chi connectivity index (χ0v) is 21.7. The van der Waals surface area contributed by atoms with Gasteiger partial charge in [0.15, 0.2) is 0 Å². The lowest BCUT2D eigenvalue weighted by Crippen LogP contribution is -2.39. The van der Waals surface area contributed by atoms with Crippen molar-refractivity contribution in [1.82, 2.24) is 5.43 Å². The number of anilines is 1. The molecule has 3 aromatic carbocycles. The van der Waals surface area contributed by atoms with Gasteiger partial charge in [-0.3, -0.25) is 9.10 Å². The van der Waals surface area contributed by atoms with E-state index in [1.165, 1.54) is 11.8 Å². The highest BCUT2D eigenvalue weighted by Crippen LogP contribution is 2.25. The summed E-state index contributed by atoms with van der Waals surface area (Å²) in [4.78, 5) is 13.8. The van der Waals surface area contributed by atoms with E-state index in [4.69, 9.17) is 0 Å². The molecule has 0 aliphatic carbocycles. The number of carbonyl (C=O) groups excluding carboxylic acids is 1. The summed E-state index contributed by atoms with van der Waals surface area (Å²) in [6.45, 7) is 3.27. The minimum atomic E-state index is -3.97. The van der Waals surface area contributed by atoms with Crippen molar-refractivity contribution < 1.29 is 13.2 Å². The number of thioether (sulfide) groups is 1. The topological polar surface area (TPSA) is 78.8 Å². The van der Waals surface area contributed by atoms with Gasteiger partial charge in [-0.05, 0) is 74.2 Å². The van der Waals surface area contributed by atoms with Crippen molar-refractivity contribution in [3.63, 3.8) is 0 Å². The van der Waals surface area contributed by atoms with E-state index in [2.05, 4.69) is 26.5 Å². The van der Waals surface area contributed by atoms with Crippen LogP contribution in [0, 0.1) is 6.92 Å². The highest BCUT2D eigenvalue weighted by Gasteiger charge is 2.27. The van der Waals surface area contributed by atoms with Gasteiger partial charge in [0.05, 0.1) is 16.3 Å². The Hall–Kier alpha value is -2.62. The normalized spacial score (nSPS) is 11.8. The van der Waals surface area contributed by atoms with Gasteiger partial charge in [-0.15, -0.1) is 11.8 Å². The van der Waals surface area contributed by atoms with Crippen LogP contribution in [0.2, 0.25) is 0 Å². The van der Waals surface area contributed by atoms with Gasteiger partial charge in [0.25, 0.3) is 15.9 Å². The van der Waals surface area contributed by atoms with Gasteiger partial charge < -0.3 is 0 Å². The maximum absolute atomic E-state index is 13.4. The van der Waals surface area contributed by atoms with Crippen LogP contribution in [-0.4, -0.2) is 32.8 Å². The molecular weight excluding hydrogens is 522 g/mol. The summed E-state index contributed by atoms with van der Waals surface area (Å²) < 4.78 is 28.9. The van der Waals surface area contributed by atoms with Crippen LogP contribution in [0.3, 0.4) is 0 Å². The molecule has 0 unspecified atom stereocenters. The molecule has 0 atom stereocenters. The number of benzene rings is 3. The molecule has 0 saturated carbocycles. The Morgan fingerprint density at radius 1 is 1.00 bits per heavy atom. The van der Waals surface area contributed by atoms with Gasteiger partial charge >= 0.3 is 0 Å². The summed E-state index contributed by atoms with van der Waals surface area (Å²) in [7, 11) is -3.97. The first-order valence-electron chi connectivity index (χ1n) is 10.0. The van der Waals surface area contributed by atoms with Gasteiger partial charge in [0, 0.05) is 9.37 Å². The second-order valence-electron chi connectivity index (χ2n) is 7.26. The summed E-state index contributed by atoms with van der Waals surface area (Å²) in [5.41, 5.74) is 5.31. The molecule has 3 aromatic rings. The summed E-state index contributed by atoms with van der Waals surface area (Å²) in [5, 5.41) is 4.14. The monoisotopic (exact) mass is 545 g/mol. The fraction of sp³-hybridized carbons (Fsp3) is 0.167. The van der Waals surface area contributed by atoms with E-state index in [1.807, 2.05) is 49.6 Å². The van der Waals surface area contributed by atoms with Gasteiger partial charge in [0.1, 0.15) is 6.54 Å². The second kappa shape index (κ2) is 11.0. The summed E-state index contributed by atoms with van der Waals surface area (Å²) in [6.07, 6.45) is 1.92. The number of rotatable bonds is 8. The highest BCUT2D eigenvalue weighted by atomic mass is 79.9. The molecule has 0 spiro atoms. The summed E-state index contributed by atoms with van der Waals surface area (Å²) in [5.74, 6) is -0.545. The first-order valence-corrected chi connectivity index (χ1v) is 13.5. The predicted octanol–water partition coefficient (Wildman–Crippen LogP) is 5.22. The molecule has 1 amide bonds. The molecule has 9 heteroatoms. The fourth-order valence-electron chi connectivity index (χ4n) is 2.97. The zero-order valence-electron chi connectivity index (χ0n) is 18.4. The van der Waals surface area contributed by atoms with E-state index < -0.39 is 22.5 Å². The van der Waals surface area contributed by atoms with Gasteiger partial charge in [0.2, 0.25) is 0 Å². The SMILES string of the molecule is CSc1ccc(S(=O)(=O)N(CC(=O)N/N=C(/C)c2ccc(Br)cc2)c2ccc(C)cc2)cc1. The number of hydrogen-bond donors (Lipinski definition) is 1. The van der Waals surface area contributed by atoms with Crippen molar-refractivity contribution in [2.45, 2.75) is 23.6 Å². The van der Waals surface area contributed by atoms with E-state index in [0.717, 1.165) is 24.8 Å². The number of nitrogens with one attached hydrogen (secondary N) is 1. The third-order valence-electron chi connectivity index (χ3n) is 4.87. The Balaban J connectivity index is 1.86. The Bertz CT molecular complexity index is 1240. The number of sulfonamides is 1. The first-order chi connectivity index (χ1) is 15.7. The molecule has 3 rings (SSSR count). The lowest BCUT2D eigenvalue weighted by Gasteiger charge is -2.24. The largest absolute Gasteiger partial charge is 0.271 e. The molecule has 0 aliphatic rings. The van der Waals surface area contributed by atoms with Crippen LogP contribution < -0.4 is 9.73 Å². The van der Waals surface area contributed by atoms with Crippen molar-refractivity contribution in [2.24, 2.45) is 5.10 Å². The molecule has 1 N–H and O–H groups in total. The molecule has 33 heavy (non-hydrogen) atoms. The van der Waals surface area contributed by atoms with Gasteiger partial charge in [-0.25, -0.2) is 13.8 Å². The molecule has 0 fully saturated rings. The quantitative estimate of drug-likeness (QED) is 0.239. The molecule has 172 valence electrons. The average Bonchev–Trinajstić information content (AvgIpc) is 2.82. The standard InChI is InChI=1S/C24H24BrN3O3S2/c1-17-4-10-21(11-5-17)28(33(30,31)23-14-12-22(32-3)13-15-23)16-24(29)27-26-18(2)19-6-8-20(25)9-7-19/h4-15H,16H2,1-3H3,(H,27,29)/b26-18-. The van der Waals surface area contributed by atoms with E-state index >= 15 is 0 Å². The fourth-order valence-corrected chi connectivity index (χ4v) is 5.06. The number of halogens is 1. The number of carbonyl (C=O) groups is 1. The number of nitrogens with zero attached hydrogens (tertiary/aromatic N) is 2. The molecule has 0 aliphatic heterocycles. The van der Waals surface area contributed by atoms with Crippen LogP contribution in [0.25, 0.3) is 0 Å².